The largest absolute Gasteiger partial charge is 0.479 e. The molecular formula is C13H18N2O3. The summed E-state index contributed by atoms with van der Waals surface area (Å²) in [5.41, 5.74) is 0.575. The van der Waals surface area contributed by atoms with Gasteiger partial charge in [0.1, 0.15) is 5.82 Å². The minimum Gasteiger partial charge on any atom is -0.479 e. The number of hydrogen-bond donors (Lipinski definition) is 1. The molecule has 0 radical (unpaired) electrons. The van der Waals surface area contributed by atoms with E-state index < -0.39 is 12.1 Å². The highest BCUT2D eigenvalue weighted by Gasteiger charge is 2.20. The number of aromatic nitrogens is 1. The van der Waals surface area contributed by atoms with E-state index in [0.29, 0.717) is 5.56 Å². The van der Waals surface area contributed by atoms with Gasteiger partial charge in [0.25, 0.3) is 0 Å². The van der Waals surface area contributed by atoms with Crippen LogP contribution in [0.5, 0.6) is 0 Å². The molecule has 18 heavy (non-hydrogen) atoms. The number of rotatable bonds is 4. The molecule has 0 saturated carbocycles. The number of nitrogens with zero attached hydrogens (tertiary/aromatic N) is 2. The van der Waals surface area contributed by atoms with Gasteiger partial charge in [-0.1, -0.05) is 6.07 Å². The molecule has 5 nitrogen and oxygen atoms in total. The van der Waals surface area contributed by atoms with Gasteiger partial charge in [0.05, 0.1) is 0 Å². The fraction of sp³-hybridized carbons (Fsp3) is 0.538. The van der Waals surface area contributed by atoms with Crippen molar-refractivity contribution in [3.05, 3.63) is 23.9 Å². The third-order valence-electron chi connectivity index (χ3n) is 3.21. The van der Waals surface area contributed by atoms with Crippen LogP contribution < -0.4 is 4.90 Å². The topological polar surface area (TPSA) is 62.7 Å². The Kier molecular flexibility index (Phi) is 4.15. The summed E-state index contributed by atoms with van der Waals surface area (Å²) in [6.45, 7) is 2.05. The van der Waals surface area contributed by atoms with E-state index in [0.717, 1.165) is 18.9 Å². The van der Waals surface area contributed by atoms with Crippen molar-refractivity contribution in [2.75, 3.05) is 25.1 Å². The zero-order valence-corrected chi connectivity index (χ0v) is 10.5. The maximum atomic E-state index is 11.0. The van der Waals surface area contributed by atoms with E-state index in [2.05, 4.69) is 9.88 Å². The Hall–Kier alpha value is -1.62. The lowest BCUT2D eigenvalue weighted by molar-refractivity contribution is -0.148. The molecule has 0 aromatic carbocycles. The fourth-order valence-electron chi connectivity index (χ4n) is 2.24. The number of ether oxygens (including phenoxy) is 1. The van der Waals surface area contributed by atoms with E-state index in [9.17, 15) is 4.79 Å². The maximum Gasteiger partial charge on any atom is 0.337 e. The summed E-state index contributed by atoms with van der Waals surface area (Å²) in [6.07, 6.45) is 4.32. The van der Waals surface area contributed by atoms with E-state index in [1.54, 1.807) is 12.3 Å². The molecule has 5 heteroatoms. The molecule has 1 N–H and O–H groups in total. The molecule has 1 unspecified atom stereocenters. The van der Waals surface area contributed by atoms with Crippen molar-refractivity contribution in [1.82, 2.24) is 4.98 Å². The molecule has 98 valence electrons. The highest BCUT2D eigenvalue weighted by atomic mass is 16.5. The number of anilines is 1. The Labute approximate surface area is 106 Å². The molecular weight excluding hydrogens is 232 g/mol. The van der Waals surface area contributed by atoms with Crippen LogP contribution in [-0.2, 0) is 9.53 Å². The predicted octanol–water partition coefficient (Wildman–Crippen LogP) is 1.84. The Balaban J connectivity index is 2.11. The van der Waals surface area contributed by atoms with Crippen LogP contribution in [0.1, 0.15) is 30.9 Å². The molecule has 1 fully saturated rings. The number of aliphatic carboxylic acids is 1. The van der Waals surface area contributed by atoms with Crippen LogP contribution in [0.3, 0.4) is 0 Å². The van der Waals surface area contributed by atoms with Crippen molar-refractivity contribution < 1.29 is 14.6 Å². The molecule has 0 aliphatic carbocycles. The van der Waals surface area contributed by atoms with Gasteiger partial charge in [-0.2, -0.15) is 0 Å². The first-order valence-corrected chi connectivity index (χ1v) is 6.19. The third-order valence-corrected chi connectivity index (χ3v) is 3.21. The second kappa shape index (κ2) is 5.82. The first-order valence-electron chi connectivity index (χ1n) is 6.19. The second-order valence-electron chi connectivity index (χ2n) is 4.45. The van der Waals surface area contributed by atoms with Crippen molar-refractivity contribution in [1.29, 1.82) is 0 Å². The minimum absolute atomic E-state index is 0.575. The molecule has 0 amide bonds. The highest BCUT2D eigenvalue weighted by molar-refractivity contribution is 5.74. The molecule has 0 bridgehead atoms. The Morgan fingerprint density at radius 3 is 2.61 bits per heavy atom. The van der Waals surface area contributed by atoms with Gasteiger partial charge in [-0.25, -0.2) is 9.78 Å². The normalized spacial score (nSPS) is 17.5. The van der Waals surface area contributed by atoms with Crippen LogP contribution in [0.4, 0.5) is 5.82 Å². The fourth-order valence-corrected chi connectivity index (χ4v) is 2.24. The van der Waals surface area contributed by atoms with Crippen LogP contribution in [0.15, 0.2) is 18.3 Å². The van der Waals surface area contributed by atoms with Crippen molar-refractivity contribution >= 4 is 11.8 Å². The number of piperidine rings is 1. The number of methoxy groups -OCH3 is 1. The Morgan fingerprint density at radius 1 is 1.39 bits per heavy atom. The van der Waals surface area contributed by atoms with Crippen LogP contribution in [-0.4, -0.2) is 36.3 Å². The number of carboxylic acids is 1. The molecule has 2 heterocycles. The first kappa shape index (κ1) is 12.8. The lowest BCUT2D eigenvalue weighted by atomic mass is 10.1. The van der Waals surface area contributed by atoms with Gasteiger partial charge in [-0.05, 0) is 25.3 Å². The number of carbonyl (C=O) groups is 1. The van der Waals surface area contributed by atoms with Gasteiger partial charge in [-0.3, -0.25) is 0 Å². The molecule has 1 saturated heterocycles. The predicted molar refractivity (Wildman–Crippen MR) is 67.7 cm³/mol. The van der Waals surface area contributed by atoms with Crippen molar-refractivity contribution in [2.24, 2.45) is 0 Å². The quantitative estimate of drug-likeness (QED) is 0.883. The van der Waals surface area contributed by atoms with Crippen molar-refractivity contribution in [3.8, 4) is 0 Å². The number of hydrogen-bond acceptors (Lipinski definition) is 4. The van der Waals surface area contributed by atoms with Crippen LogP contribution >= 0.6 is 0 Å². The average Bonchev–Trinajstić information content (AvgIpc) is 2.41. The monoisotopic (exact) mass is 250 g/mol. The number of carboxylic acid groups (broad SMARTS) is 1. The summed E-state index contributed by atoms with van der Waals surface area (Å²) in [7, 11) is 1.39. The van der Waals surface area contributed by atoms with E-state index in [1.165, 1.54) is 26.4 Å². The molecule has 1 aliphatic heterocycles. The van der Waals surface area contributed by atoms with Crippen molar-refractivity contribution in [2.45, 2.75) is 25.4 Å². The molecule has 1 aromatic heterocycles. The summed E-state index contributed by atoms with van der Waals surface area (Å²) in [6, 6.07) is 3.65. The maximum absolute atomic E-state index is 11.0. The molecule has 1 aromatic rings. The van der Waals surface area contributed by atoms with Gasteiger partial charge >= 0.3 is 5.97 Å². The lowest BCUT2D eigenvalue weighted by Crippen LogP contribution is -2.30. The smallest absolute Gasteiger partial charge is 0.337 e. The average molecular weight is 250 g/mol. The summed E-state index contributed by atoms with van der Waals surface area (Å²) >= 11 is 0. The summed E-state index contributed by atoms with van der Waals surface area (Å²) in [5.74, 6) is -0.0799. The van der Waals surface area contributed by atoms with Crippen LogP contribution in [0.2, 0.25) is 0 Å². The zero-order chi connectivity index (χ0) is 13.0. The standard InChI is InChI=1S/C13H18N2O3/c1-18-12(13(16)17)10-5-6-11(14-9-10)15-7-3-2-4-8-15/h5-6,9,12H,2-4,7-8H2,1H3,(H,16,17). The first-order chi connectivity index (χ1) is 8.72. The third kappa shape index (κ3) is 2.79. The number of pyridine rings is 1. The summed E-state index contributed by atoms with van der Waals surface area (Å²) in [5, 5.41) is 8.98. The van der Waals surface area contributed by atoms with Gasteiger partial charge < -0.3 is 14.7 Å². The minimum atomic E-state index is -0.995. The molecule has 1 atom stereocenters. The molecule has 0 spiro atoms. The second-order valence-corrected chi connectivity index (χ2v) is 4.45. The Bertz CT molecular complexity index is 399. The Morgan fingerprint density at radius 2 is 2.11 bits per heavy atom. The van der Waals surface area contributed by atoms with Gasteiger partial charge in [0.2, 0.25) is 0 Å². The van der Waals surface area contributed by atoms with Crippen LogP contribution in [0.25, 0.3) is 0 Å². The molecule has 1 aliphatic rings. The van der Waals surface area contributed by atoms with Crippen molar-refractivity contribution in [3.63, 3.8) is 0 Å². The summed E-state index contributed by atoms with van der Waals surface area (Å²) in [4.78, 5) is 17.5. The van der Waals surface area contributed by atoms with E-state index in [-0.39, 0.29) is 0 Å². The highest BCUT2D eigenvalue weighted by Crippen LogP contribution is 2.21. The van der Waals surface area contributed by atoms with E-state index >= 15 is 0 Å². The molecule has 2 rings (SSSR count). The summed E-state index contributed by atoms with van der Waals surface area (Å²) < 4.78 is 4.93. The van der Waals surface area contributed by atoms with Crippen LogP contribution in [0, 0.1) is 0 Å². The van der Waals surface area contributed by atoms with Gasteiger partial charge in [0, 0.05) is 32.0 Å². The van der Waals surface area contributed by atoms with Gasteiger partial charge in [0.15, 0.2) is 6.10 Å². The van der Waals surface area contributed by atoms with Gasteiger partial charge in [-0.15, -0.1) is 0 Å². The van der Waals surface area contributed by atoms with E-state index in [4.69, 9.17) is 9.84 Å². The van der Waals surface area contributed by atoms with E-state index in [1.807, 2.05) is 6.07 Å². The zero-order valence-electron chi connectivity index (χ0n) is 10.5. The lowest BCUT2D eigenvalue weighted by Gasteiger charge is -2.27. The SMILES string of the molecule is COC(C(=O)O)c1ccc(N2CCCCC2)nc1.